The van der Waals surface area contributed by atoms with Gasteiger partial charge in [0.2, 0.25) is 5.91 Å². The molecule has 0 bridgehead atoms. The monoisotopic (exact) mass is 305 g/mol. The van der Waals surface area contributed by atoms with Crippen LogP contribution in [0.15, 0.2) is 48.5 Å². The third-order valence-corrected chi connectivity index (χ3v) is 4.00. The molecule has 2 nitrogen and oxygen atoms in total. The van der Waals surface area contributed by atoms with Crippen LogP contribution in [-0.4, -0.2) is 13.0 Å². The number of hydrogen-bond donors (Lipinski definition) is 0. The van der Waals surface area contributed by atoms with Gasteiger partial charge in [0.25, 0.3) is 0 Å². The van der Waals surface area contributed by atoms with Gasteiger partial charge in [-0.3, -0.25) is 4.79 Å². The number of amides is 1. The summed E-state index contributed by atoms with van der Waals surface area (Å²) in [7, 11) is 1.60. The third kappa shape index (κ3) is 2.47. The summed E-state index contributed by atoms with van der Waals surface area (Å²) in [5.41, 5.74) is 1.22. The molecule has 1 aliphatic heterocycles. The number of alkyl halides is 3. The van der Waals surface area contributed by atoms with E-state index in [0.717, 1.165) is 17.7 Å². The predicted octanol–water partition coefficient (Wildman–Crippen LogP) is 4.01. The second-order valence-electron chi connectivity index (χ2n) is 5.41. The number of anilines is 1. The zero-order valence-electron chi connectivity index (χ0n) is 11.9. The van der Waals surface area contributed by atoms with Gasteiger partial charge in [0.05, 0.1) is 11.5 Å². The highest BCUT2D eigenvalue weighted by Crippen LogP contribution is 2.41. The second kappa shape index (κ2) is 5.16. The van der Waals surface area contributed by atoms with Crippen LogP contribution < -0.4 is 4.90 Å². The van der Waals surface area contributed by atoms with E-state index in [1.165, 1.54) is 11.0 Å². The van der Waals surface area contributed by atoms with Gasteiger partial charge < -0.3 is 4.90 Å². The lowest BCUT2D eigenvalue weighted by Gasteiger charge is -2.12. The van der Waals surface area contributed by atoms with Gasteiger partial charge in [-0.05, 0) is 35.7 Å². The summed E-state index contributed by atoms with van der Waals surface area (Å²) < 4.78 is 38.7. The fourth-order valence-electron chi connectivity index (χ4n) is 2.85. The number of hydrogen-bond acceptors (Lipinski definition) is 1. The molecule has 1 atom stereocenters. The molecule has 0 N–H and O–H groups in total. The van der Waals surface area contributed by atoms with Crippen molar-refractivity contribution in [1.29, 1.82) is 0 Å². The van der Waals surface area contributed by atoms with E-state index in [4.69, 9.17) is 0 Å². The van der Waals surface area contributed by atoms with Gasteiger partial charge in [-0.2, -0.15) is 13.2 Å². The van der Waals surface area contributed by atoms with E-state index < -0.39 is 17.7 Å². The Kier molecular flexibility index (Phi) is 3.43. The van der Waals surface area contributed by atoms with E-state index >= 15 is 0 Å². The van der Waals surface area contributed by atoms with E-state index in [9.17, 15) is 18.0 Å². The second-order valence-corrected chi connectivity index (χ2v) is 5.41. The molecule has 3 rings (SSSR count). The number of rotatable bonds is 2. The van der Waals surface area contributed by atoms with E-state index in [1.807, 2.05) is 30.3 Å². The predicted molar refractivity (Wildman–Crippen MR) is 77.7 cm³/mol. The Balaban J connectivity index is 2.01. The maximum Gasteiger partial charge on any atom is 0.416 e. The molecular formula is C17H14F3NO. The molecule has 0 aliphatic carbocycles. The molecule has 5 heteroatoms. The summed E-state index contributed by atoms with van der Waals surface area (Å²) >= 11 is 0. The van der Waals surface area contributed by atoms with Crippen molar-refractivity contribution in [2.45, 2.75) is 18.5 Å². The van der Waals surface area contributed by atoms with Crippen LogP contribution in [0.2, 0.25) is 0 Å². The number of benzene rings is 2. The van der Waals surface area contributed by atoms with Crippen LogP contribution in [-0.2, 0) is 17.4 Å². The molecule has 0 fully saturated rings. The lowest BCUT2D eigenvalue weighted by atomic mass is 9.92. The standard InChI is InChI=1S/C17H14F3NO/c1-21-15-8-7-12(17(18,19)20)10-13(15)14(16(21)22)9-11-5-3-2-4-6-11/h2-8,10,14H,9H2,1H3. The molecule has 0 saturated carbocycles. The zero-order valence-corrected chi connectivity index (χ0v) is 11.9. The SMILES string of the molecule is CN1C(=O)C(Cc2ccccc2)c2cc(C(F)(F)F)ccc21. The molecule has 1 unspecified atom stereocenters. The first-order valence-corrected chi connectivity index (χ1v) is 6.90. The molecular weight excluding hydrogens is 291 g/mol. The molecule has 0 saturated heterocycles. The number of likely N-dealkylation sites (N-methyl/N-ethyl adjacent to an activating group) is 1. The molecule has 22 heavy (non-hydrogen) atoms. The lowest BCUT2D eigenvalue weighted by molar-refractivity contribution is -0.137. The van der Waals surface area contributed by atoms with Crippen LogP contribution in [0.3, 0.4) is 0 Å². The van der Waals surface area contributed by atoms with Crippen molar-refractivity contribution in [3.8, 4) is 0 Å². The number of nitrogens with zero attached hydrogens (tertiary/aromatic N) is 1. The fraction of sp³-hybridized carbons (Fsp3) is 0.235. The Morgan fingerprint density at radius 2 is 1.77 bits per heavy atom. The Bertz CT molecular complexity index is 710. The number of carbonyl (C=O) groups excluding carboxylic acids is 1. The van der Waals surface area contributed by atoms with Crippen molar-refractivity contribution < 1.29 is 18.0 Å². The number of halogens is 3. The van der Waals surface area contributed by atoms with Crippen molar-refractivity contribution in [3.63, 3.8) is 0 Å². The van der Waals surface area contributed by atoms with Crippen molar-refractivity contribution in [1.82, 2.24) is 0 Å². The Morgan fingerprint density at radius 1 is 1.09 bits per heavy atom. The lowest BCUT2D eigenvalue weighted by Crippen LogP contribution is -2.24. The van der Waals surface area contributed by atoms with Gasteiger partial charge in [-0.25, -0.2) is 0 Å². The summed E-state index contributed by atoms with van der Waals surface area (Å²) in [5, 5.41) is 0. The van der Waals surface area contributed by atoms with E-state index in [1.54, 1.807) is 7.05 Å². The number of fused-ring (bicyclic) bond motifs is 1. The minimum Gasteiger partial charge on any atom is -0.315 e. The molecule has 1 heterocycles. The van der Waals surface area contributed by atoms with E-state index in [-0.39, 0.29) is 5.91 Å². The molecule has 0 aromatic heterocycles. The first-order chi connectivity index (χ1) is 10.4. The summed E-state index contributed by atoms with van der Waals surface area (Å²) in [6.07, 6.45) is -4.01. The van der Waals surface area contributed by atoms with Crippen LogP contribution >= 0.6 is 0 Å². The normalized spacial score (nSPS) is 17.7. The highest BCUT2D eigenvalue weighted by atomic mass is 19.4. The van der Waals surface area contributed by atoms with Gasteiger partial charge in [0, 0.05) is 12.7 Å². The minimum absolute atomic E-state index is 0.168. The van der Waals surface area contributed by atoms with Crippen LogP contribution in [0.25, 0.3) is 0 Å². The Labute approximate surface area is 126 Å². The van der Waals surface area contributed by atoms with Crippen molar-refractivity contribution in [3.05, 3.63) is 65.2 Å². The molecule has 0 radical (unpaired) electrons. The highest BCUT2D eigenvalue weighted by Gasteiger charge is 2.38. The van der Waals surface area contributed by atoms with Crippen molar-refractivity contribution in [2.24, 2.45) is 0 Å². The van der Waals surface area contributed by atoms with E-state index in [0.29, 0.717) is 17.7 Å². The molecule has 0 spiro atoms. The zero-order chi connectivity index (χ0) is 15.9. The first kappa shape index (κ1) is 14.6. The van der Waals surface area contributed by atoms with Crippen molar-refractivity contribution in [2.75, 3.05) is 11.9 Å². The third-order valence-electron chi connectivity index (χ3n) is 4.00. The molecule has 2 aromatic rings. The van der Waals surface area contributed by atoms with E-state index in [2.05, 4.69) is 0 Å². The van der Waals surface area contributed by atoms with Crippen LogP contribution in [0.4, 0.5) is 18.9 Å². The van der Waals surface area contributed by atoms with Crippen LogP contribution in [0, 0.1) is 0 Å². The van der Waals surface area contributed by atoms with Gasteiger partial charge >= 0.3 is 6.18 Å². The van der Waals surface area contributed by atoms with Crippen molar-refractivity contribution >= 4 is 11.6 Å². The highest BCUT2D eigenvalue weighted by molar-refractivity contribution is 6.04. The van der Waals surface area contributed by atoms with Gasteiger partial charge in [-0.1, -0.05) is 30.3 Å². The smallest absolute Gasteiger partial charge is 0.315 e. The maximum absolute atomic E-state index is 12.9. The summed E-state index contributed by atoms with van der Waals surface area (Å²) in [6.45, 7) is 0. The molecule has 2 aromatic carbocycles. The quantitative estimate of drug-likeness (QED) is 0.821. The Morgan fingerprint density at radius 3 is 2.41 bits per heavy atom. The Hall–Kier alpha value is -2.30. The van der Waals surface area contributed by atoms with Gasteiger partial charge in [0.15, 0.2) is 0 Å². The topological polar surface area (TPSA) is 20.3 Å². The van der Waals surface area contributed by atoms with Crippen LogP contribution in [0.1, 0.15) is 22.6 Å². The first-order valence-electron chi connectivity index (χ1n) is 6.90. The number of carbonyl (C=O) groups is 1. The minimum atomic E-state index is -4.41. The average Bonchev–Trinajstić information content (AvgIpc) is 2.72. The maximum atomic E-state index is 12.9. The molecule has 1 aliphatic rings. The summed E-state index contributed by atoms with van der Waals surface area (Å²) in [4.78, 5) is 13.8. The molecule has 1 amide bonds. The van der Waals surface area contributed by atoms with Gasteiger partial charge in [0.1, 0.15) is 0 Å². The fourth-order valence-corrected chi connectivity index (χ4v) is 2.85. The van der Waals surface area contributed by atoms with Gasteiger partial charge in [-0.15, -0.1) is 0 Å². The molecule has 114 valence electrons. The largest absolute Gasteiger partial charge is 0.416 e. The summed E-state index contributed by atoms with van der Waals surface area (Å²) in [6, 6.07) is 12.8. The summed E-state index contributed by atoms with van der Waals surface area (Å²) in [5.74, 6) is -0.733. The van der Waals surface area contributed by atoms with Crippen LogP contribution in [0.5, 0.6) is 0 Å². The average molecular weight is 305 g/mol.